The van der Waals surface area contributed by atoms with Gasteiger partial charge in [0.05, 0.1) is 35.7 Å². The minimum atomic E-state index is -3.67. The number of fused-ring (bicyclic) bond motifs is 1. The van der Waals surface area contributed by atoms with E-state index in [1.165, 1.54) is 13.4 Å². The van der Waals surface area contributed by atoms with Gasteiger partial charge in [0.2, 0.25) is 10.0 Å². The number of nitrogens with zero attached hydrogens (tertiary/aromatic N) is 3. The highest BCUT2D eigenvalue weighted by atomic mass is 32.2. The van der Waals surface area contributed by atoms with Gasteiger partial charge >= 0.3 is 5.69 Å². The number of aryl methyl sites for hydroxylation is 2. The van der Waals surface area contributed by atoms with Crippen molar-refractivity contribution in [2.24, 2.45) is 14.1 Å². The summed E-state index contributed by atoms with van der Waals surface area (Å²) in [5.74, 6) is -0.795. The molecule has 130 valence electrons. The molecule has 1 aromatic carbocycles. The molecule has 24 heavy (non-hydrogen) atoms. The number of ether oxygens (including phenoxy) is 2. The lowest BCUT2D eigenvalue weighted by molar-refractivity contribution is -0.142. The van der Waals surface area contributed by atoms with Gasteiger partial charge in [-0.05, 0) is 18.2 Å². The zero-order valence-electron chi connectivity index (χ0n) is 13.6. The minimum Gasteiger partial charge on any atom is -0.346 e. The molecule has 0 N–H and O–H groups in total. The maximum absolute atomic E-state index is 12.9. The first-order chi connectivity index (χ1) is 11.3. The summed E-state index contributed by atoms with van der Waals surface area (Å²) in [5, 5.41) is 0. The summed E-state index contributed by atoms with van der Waals surface area (Å²) in [7, 11) is -0.370. The molecule has 2 aliphatic heterocycles. The number of rotatable bonds is 2. The Morgan fingerprint density at radius 3 is 2.46 bits per heavy atom. The summed E-state index contributed by atoms with van der Waals surface area (Å²) in [4.78, 5) is 12.2. The van der Waals surface area contributed by atoms with Crippen molar-refractivity contribution in [3.05, 3.63) is 28.7 Å². The first kappa shape index (κ1) is 15.8. The van der Waals surface area contributed by atoms with Crippen molar-refractivity contribution in [2.45, 2.75) is 17.1 Å². The summed E-state index contributed by atoms with van der Waals surface area (Å²) in [6.45, 7) is 1.53. The predicted molar refractivity (Wildman–Crippen MR) is 86.2 cm³/mol. The summed E-state index contributed by atoms with van der Waals surface area (Å²) in [6, 6.07) is 4.75. The van der Waals surface area contributed by atoms with Crippen LogP contribution in [0.3, 0.4) is 0 Å². The monoisotopic (exact) mass is 353 g/mol. The van der Waals surface area contributed by atoms with Crippen LogP contribution in [0.4, 0.5) is 0 Å². The third-order valence-corrected chi connectivity index (χ3v) is 6.70. The van der Waals surface area contributed by atoms with Crippen molar-refractivity contribution in [3.63, 3.8) is 0 Å². The van der Waals surface area contributed by atoms with Crippen LogP contribution in [0, 0.1) is 0 Å². The topological polar surface area (TPSA) is 82.8 Å². The lowest BCUT2D eigenvalue weighted by Crippen LogP contribution is -2.36. The second-order valence-electron chi connectivity index (χ2n) is 6.25. The predicted octanol–water partition coefficient (Wildman–Crippen LogP) is 0.0145. The van der Waals surface area contributed by atoms with Gasteiger partial charge in [-0.3, -0.25) is 9.13 Å². The third kappa shape index (κ3) is 2.16. The standard InChI is InChI=1S/C15H19N3O5S/c1-16-12-4-3-11(9-13(12)17(2)14(16)19)24(20,21)18-6-5-15(10-18)22-7-8-23-15/h3-4,9H,5-8,10H2,1-2H3. The lowest BCUT2D eigenvalue weighted by atomic mass is 10.2. The molecule has 8 nitrogen and oxygen atoms in total. The number of aromatic nitrogens is 2. The van der Waals surface area contributed by atoms with Crippen LogP contribution >= 0.6 is 0 Å². The van der Waals surface area contributed by atoms with Crippen molar-refractivity contribution in [3.8, 4) is 0 Å². The molecule has 2 saturated heterocycles. The molecule has 2 aliphatic rings. The van der Waals surface area contributed by atoms with Crippen molar-refractivity contribution >= 4 is 21.1 Å². The molecule has 0 radical (unpaired) electrons. The van der Waals surface area contributed by atoms with Gasteiger partial charge in [0.1, 0.15) is 0 Å². The first-order valence-electron chi connectivity index (χ1n) is 7.78. The number of hydrogen-bond acceptors (Lipinski definition) is 5. The van der Waals surface area contributed by atoms with Crippen LogP contribution in [-0.2, 0) is 33.6 Å². The van der Waals surface area contributed by atoms with E-state index in [1.54, 1.807) is 32.3 Å². The molecular weight excluding hydrogens is 334 g/mol. The SMILES string of the molecule is Cn1c(=O)n(C)c2cc(S(=O)(=O)N3CCC4(C3)OCCO4)ccc21. The van der Waals surface area contributed by atoms with Crippen LogP contribution in [0.5, 0.6) is 0 Å². The Morgan fingerprint density at radius 1 is 1.08 bits per heavy atom. The van der Waals surface area contributed by atoms with Gasteiger partial charge in [0.15, 0.2) is 5.79 Å². The van der Waals surface area contributed by atoms with E-state index in [-0.39, 0.29) is 17.1 Å². The molecule has 0 unspecified atom stereocenters. The van der Waals surface area contributed by atoms with Crippen LogP contribution in [0.15, 0.2) is 27.9 Å². The van der Waals surface area contributed by atoms with Crippen molar-refractivity contribution in [1.82, 2.24) is 13.4 Å². The van der Waals surface area contributed by atoms with Gasteiger partial charge in [0.25, 0.3) is 0 Å². The fraction of sp³-hybridized carbons (Fsp3) is 0.533. The van der Waals surface area contributed by atoms with Crippen molar-refractivity contribution in [2.75, 3.05) is 26.3 Å². The number of imidazole rings is 1. The summed E-state index contributed by atoms with van der Waals surface area (Å²) >= 11 is 0. The van der Waals surface area contributed by atoms with Crippen molar-refractivity contribution < 1.29 is 17.9 Å². The Morgan fingerprint density at radius 2 is 1.75 bits per heavy atom. The van der Waals surface area contributed by atoms with Crippen LogP contribution in [0.1, 0.15) is 6.42 Å². The average molecular weight is 353 g/mol. The van der Waals surface area contributed by atoms with Gasteiger partial charge in [-0.25, -0.2) is 13.2 Å². The fourth-order valence-electron chi connectivity index (χ4n) is 3.46. The maximum atomic E-state index is 12.9. The van der Waals surface area contributed by atoms with Crippen LogP contribution in [-0.4, -0.2) is 53.9 Å². The highest BCUT2D eigenvalue weighted by Gasteiger charge is 2.47. The zero-order chi connectivity index (χ0) is 17.1. The first-order valence-corrected chi connectivity index (χ1v) is 9.22. The van der Waals surface area contributed by atoms with Crippen LogP contribution < -0.4 is 5.69 Å². The fourth-order valence-corrected chi connectivity index (χ4v) is 4.95. The quantitative estimate of drug-likeness (QED) is 0.760. The number of benzene rings is 1. The Kier molecular flexibility index (Phi) is 3.40. The Bertz CT molecular complexity index is 969. The maximum Gasteiger partial charge on any atom is 0.328 e. The highest BCUT2D eigenvalue weighted by molar-refractivity contribution is 7.89. The third-order valence-electron chi connectivity index (χ3n) is 4.85. The van der Waals surface area contributed by atoms with E-state index in [1.807, 2.05) is 0 Å². The van der Waals surface area contributed by atoms with E-state index >= 15 is 0 Å². The molecule has 4 rings (SSSR count). The molecule has 9 heteroatoms. The van der Waals surface area contributed by atoms with E-state index in [9.17, 15) is 13.2 Å². The second-order valence-corrected chi connectivity index (χ2v) is 8.19. The Hall–Kier alpha value is -1.68. The second kappa shape index (κ2) is 5.16. The molecular formula is C15H19N3O5S. The molecule has 0 aliphatic carbocycles. The largest absolute Gasteiger partial charge is 0.346 e. The average Bonchev–Trinajstić information content (AvgIpc) is 3.27. The molecule has 0 atom stereocenters. The molecule has 2 aromatic rings. The highest BCUT2D eigenvalue weighted by Crippen LogP contribution is 2.34. The number of sulfonamides is 1. The normalized spacial score (nSPS) is 21.2. The summed E-state index contributed by atoms with van der Waals surface area (Å²) in [5.41, 5.74) is 1.10. The van der Waals surface area contributed by atoms with E-state index in [0.29, 0.717) is 37.2 Å². The Balaban J connectivity index is 1.73. The molecule has 0 amide bonds. The number of hydrogen-bond donors (Lipinski definition) is 0. The summed E-state index contributed by atoms with van der Waals surface area (Å²) in [6.07, 6.45) is 0.526. The van der Waals surface area contributed by atoms with Crippen molar-refractivity contribution in [1.29, 1.82) is 0 Å². The summed E-state index contributed by atoms with van der Waals surface area (Å²) < 4.78 is 41.4. The smallest absolute Gasteiger partial charge is 0.328 e. The molecule has 1 aromatic heterocycles. The minimum absolute atomic E-state index is 0.172. The Labute approximate surface area is 139 Å². The van der Waals surface area contributed by atoms with E-state index in [2.05, 4.69) is 0 Å². The molecule has 0 bridgehead atoms. The van der Waals surface area contributed by atoms with Gasteiger partial charge in [-0.15, -0.1) is 0 Å². The zero-order valence-corrected chi connectivity index (χ0v) is 14.4. The molecule has 2 fully saturated rings. The van der Waals surface area contributed by atoms with E-state index < -0.39 is 15.8 Å². The van der Waals surface area contributed by atoms with Crippen LogP contribution in [0.2, 0.25) is 0 Å². The van der Waals surface area contributed by atoms with E-state index in [4.69, 9.17) is 9.47 Å². The lowest BCUT2D eigenvalue weighted by Gasteiger charge is -2.22. The van der Waals surface area contributed by atoms with Gasteiger partial charge < -0.3 is 9.47 Å². The molecule has 0 saturated carbocycles. The van der Waals surface area contributed by atoms with Gasteiger partial charge in [-0.1, -0.05) is 0 Å². The van der Waals surface area contributed by atoms with Gasteiger partial charge in [0, 0.05) is 27.1 Å². The molecule has 1 spiro atoms. The van der Waals surface area contributed by atoms with Crippen LogP contribution in [0.25, 0.3) is 11.0 Å². The van der Waals surface area contributed by atoms with E-state index in [0.717, 1.165) is 0 Å². The van der Waals surface area contributed by atoms with Gasteiger partial charge in [-0.2, -0.15) is 4.31 Å². The molecule has 3 heterocycles.